The van der Waals surface area contributed by atoms with Crippen LogP contribution in [0.2, 0.25) is 0 Å². The molecule has 0 amide bonds. The van der Waals surface area contributed by atoms with Gasteiger partial charge in [-0.25, -0.2) is 13.4 Å². The lowest BCUT2D eigenvalue weighted by atomic mass is 9.91. The number of anilines is 1. The van der Waals surface area contributed by atoms with Gasteiger partial charge in [0.05, 0.1) is 23.7 Å². The topological polar surface area (TPSA) is 103 Å². The normalized spacial score (nSPS) is 21.5. The molecule has 0 spiro atoms. The minimum absolute atomic E-state index is 0.0220. The number of hydrogen-bond donors (Lipinski definition) is 2. The van der Waals surface area contributed by atoms with Gasteiger partial charge in [-0.15, -0.1) is 0 Å². The number of thioether (sulfide) groups is 1. The smallest absolute Gasteiger partial charge is 0.261 e. The molecule has 0 radical (unpaired) electrons. The summed E-state index contributed by atoms with van der Waals surface area (Å²) in [5.74, 6) is 0.686. The highest BCUT2D eigenvalue weighted by Gasteiger charge is 2.38. The predicted molar refractivity (Wildman–Crippen MR) is 151 cm³/mol. The SMILES string of the molecule is CC1C(CSc2nccn2C)OC(c2cccc(NS(=O)(=O)c3ccccc3)c2)OC1c1ccc(CO)cc1. The molecule has 4 atom stereocenters. The first kappa shape index (κ1) is 27.4. The number of aryl methyl sites for hydroxylation is 1. The molecule has 1 aliphatic rings. The number of aliphatic hydroxyl groups is 1. The first-order valence-electron chi connectivity index (χ1n) is 12.6. The van der Waals surface area contributed by atoms with Gasteiger partial charge in [0.2, 0.25) is 0 Å². The van der Waals surface area contributed by atoms with Gasteiger partial charge in [-0.3, -0.25) is 4.72 Å². The summed E-state index contributed by atoms with van der Waals surface area (Å²) in [6, 6.07) is 23.1. The number of imidazole rings is 1. The molecule has 0 saturated carbocycles. The van der Waals surface area contributed by atoms with Crippen LogP contribution < -0.4 is 4.72 Å². The summed E-state index contributed by atoms with van der Waals surface area (Å²) in [6.07, 6.45) is 2.53. The first-order valence-corrected chi connectivity index (χ1v) is 15.1. The summed E-state index contributed by atoms with van der Waals surface area (Å²) in [7, 11) is -1.78. The summed E-state index contributed by atoms with van der Waals surface area (Å²) < 4.78 is 43.4. The second kappa shape index (κ2) is 11.9. The van der Waals surface area contributed by atoms with Crippen molar-refractivity contribution in [2.45, 2.75) is 42.1 Å². The maximum atomic E-state index is 12.9. The van der Waals surface area contributed by atoms with E-state index in [2.05, 4.69) is 16.6 Å². The largest absolute Gasteiger partial charge is 0.392 e. The number of hydrogen-bond acceptors (Lipinski definition) is 7. The molecule has 1 fully saturated rings. The Labute approximate surface area is 233 Å². The Bertz CT molecular complexity index is 1490. The minimum Gasteiger partial charge on any atom is -0.392 e. The van der Waals surface area contributed by atoms with Crippen molar-refractivity contribution in [3.8, 4) is 0 Å². The molecule has 4 aromatic rings. The van der Waals surface area contributed by atoms with Gasteiger partial charge >= 0.3 is 0 Å². The number of benzene rings is 3. The summed E-state index contributed by atoms with van der Waals surface area (Å²) in [5.41, 5.74) is 2.94. The van der Waals surface area contributed by atoms with Gasteiger partial charge in [-0.1, -0.05) is 73.3 Å². The van der Waals surface area contributed by atoms with Crippen LogP contribution in [0.5, 0.6) is 0 Å². The Morgan fingerprint density at radius 1 is 1.00 bits per heavy atom. The van der Waals surface area contributed by atoms with Crippen LogP contribution in [0.3, 0.4) is 0 Å². The van der Waals surface area contributed by atoms with E-state index in [1.807, 2.05) is 48.1 Å². The molecule has 8 nitrogen and oxygen atoms in total. The zero-order chi connectivity index (χ0) is 27.4. The van der Waals surface area contributed by atoms with Crippen molar-refractivity contribution < 1.29 is 23.0 Å². The van der Waals surface area contributed by atoms with Crippen molar-refractivity contribution in [1.82, 2.24) is 9.55 Å². The molecule has 1 aromatic heterocycles. The van der Waals surface area contributed by atoms with Gasteiger partial charge in [-0.2, -0.15) is 0 Å². The molecule has 204 valence electrons. The third kappa shape index (κ3) is 6.37. The van der Waals surface area contributed by atoms with Gasteiger partial charge in [0.25, 0.3) is 10.0 Å². The van der Waals surface area contributed by atoms with E-state index in [0.717, 1.165) is 16.3 Å². The van der Waals surface area contributed by atoms with Crippen molar-refractivity contribution >= 4 is 27.5 Å². The zero-order valence-electron chi connectivity index (χ0n) is 21.7. The Hall–Kier alpha value is -3.15. The standard InChI is InChI=1S/C29H31N3O5S2/c1-20-26(19-38-29-30-15-16-32(29)2)36-28(37-27(20)22-13-11-21(18-33)12-14-22)23-7-6-8-24(17-23)31-39(34,35)25-9-4-3-5-10-25/h3-17,20,26-28,31,33H,18-19H2,1-2H3. The second-order valence-electron chi connectivity index (χ2n) is 9.50. The lowest BCUT2D eigenvalue weighted by Gasteiger charge is -2.41. The van der Waals surface area contributed by atoms with E-state index in [0.29, 0.717) is 17.0 Å². The number of nitrogens with one attached hydrogen (secondary N) is 1. The fourth-order valence-corrected chi connectivity index (χ4v) is 6.69. The van der Waals surface area contributed by atoms with Crippen LogP contribution >= 0.6 is 11.8 Å². The van der Waals surface area contributed by atoms with Crippen molar-refractivity contribution in [2.24, 2.45) is 13.0 Å². The van der Waals surface area contributed by atoms with Crippen molar-refractivity contribution in [3.63, 3.8) is 0 Å². The van der Waals surface area contributed by atoms with Crippen LogP contribution in [0.25, 0.3) is 0 Å². The molecule has 0 aliphatic carbocycles. The van der Waals surface area contributed by atoms with Gasteiger partial charge in [0.1, 0.15) is 0 Å². The lowest BCUT2D eigenvalue weighted by Crippen LogP contribution is -2.38. The van der Waals surface area contributed by atoms with E-state index in [1.54, 1.807) is 66.5 Å². The third-order valence-electron chi connectivity index (χ3n) is 6.74. The summed E-state index contributed by atoms with van der Waals surface area (Å²) in [6.45, 7) is 2.08. The first-order chi connectivity index (χ1) is 18.8. The molecule has 4 unspecified atom stereocenters. The number of rotatable bonds is 9. The Morgan fingerprint density at radius 3 is 2.46 bits per heavy atom. The average Bonchev–Trinajstić information content (AvgIpc) is 3.37. The van der Waals surface area contributed by atoms with E-state index < -0.39 is 16.3 Å². The molecule has 5 rings (SSSR count). The van der Waals surface area contributed by atoms with E-state index in [9.17, 15) is 13.5 Å². The number of nitrogens with zero attached hydrogens (tertiary/aromatic N) is 2. The molecule has 10 heteroatoms. The van der Waals surface area contributed by atoms with Crippen molar-refractivity contribution in [1.29, 1.82) is 0 Å². The van der Waals surface area contributed by atoms with Gasteiger partial charge in [-0.05, 0) is 35.4 Å². The Kier molecular flexibility index (Phi) is 8.39. The monoisotopic (exact) mass is 565 g/mol. The fraction of sp³-hybridized carbons (Fsp3) is 0.276. The maximum absolute atomic E-state index is 12.9. The molecule has 1 saturated heterocycles. The van der Waals surface area contributed by atoms with Gasteiger partial charge in [0, 0.05) is 42.4 Å². The summed E-state index contributed by atoms with van der Waals surface area (Å²) in [5, 5.41) is 10.4. The third-order valence-corrected chi connectivity index (χ3v) is 9.29. The number of aliphatic hydroxyl groups excluding tert-OH is 1. The van der Waals surface area contributed by atoms with E-state index in [1.165, 1.54) is 0 Å². The lowest BCUT2D eigenvalue weighted by molar-refractivity contribution is -0.268. The summed E-state index contributed by atoms with van der Waals surface area (Å²) >= 11 is 1.62. The van der Waals surface area contributed by atoms with E-state index in [4.69, 9.17) is 9.47 Å². The van der Waals surface area contributed by atoms with Crippen LogP contribution in [0.4, 0.5) is 5.69 Å². The number of ether oxygens (including phenoxy) is 2. The molecule has 39 heavy (non-hydrogen) atoms. The predicted octanol–water partition coefficient (Wildman–Crippen LogP) is 5.30. The molecule has 1 aliphatic heterocycles. The molecular formula is C29H31N3O5S2. The highest BCUT2D eigenvalue weighted by molar-refractivity contribution is 7.99. The van der Waals surface area contributed by atoms with Crippen molar-refractivity contribution in [3.05, 3.63) is 108 Å². The van der Waals surface area contributed by atoms with Gasteiger partial charge < -0.3 is 19.1 Å². The highest BCUT2D eigenvalue weighted by Crippen LogP contribution is 2.43. The maximum Gasteiger partial charge on any atom is 0.261 e. The zero-order valence-corrected chi connectivity index (χ0v) is 23.3. The van der Waals surface area contributed by atoms with Crippen LogP contribution in [-0.4, -0.2) is 34.9 Å². The van der Waals surface area contributed by atoms with Crippen LogP contribution in [0, 0.1) is 5.92 Å². The summed E-state index contributed by atoms with van der Waals surface area (Å²) in [4.78, 5) is 4.61. The second-order valence-corrected chi connectivity index (χ2v) is 12.2. The van der Waals surface area contributed by atoms with Crippen molar-refractivity contribution in [2.75, 3.05) is 10.5 Å². The average molecular weight is 566 g/mol. The number of sulfonamides is 1. The van der Waals surface area contributed by atoms with Crippen LogP contribution in [-0.2, 0) is 33.2 Å². The molecule has 2 N–H and O–H groups in total. The highest BCUT2D eigenvalue weighted by atomic mass is 32.2. The Balaban J connectivity index is 1.41. The molecule has 0 bridgehead atoms. The van der Waals surface area contributed by atoms with Gasteiger partial charge in [0.15, 0.2) is 11.4 Å². The Morgan fingerprint density at radius 2 is 1.77 bits per heavy atom. The molecular weight excluding hydrogens is 534 g/mol. The molecule has 3 aromatic carbocycles. The molecule has 2 heterocycles. The van der Waals surface area contributed by atoms with E-state index in [-0.39, 0.29) is 29.6 Å². The van der Waals surface area contributed by atoms with Crippen LogP contribution in [0.15, 0.2) is 101 Å². The number of aromatic nitrogens is 2. The quantitative estimate of drug-likeness (QED) is 0.266. The van der Waals surface area contributed by atoms with E-state index >= 15 is 0 Å². The fourth-order valence-electron chi connectivity index (χ4n) is 4.52. The van der Waals surface area contributed by atoms with Crippen LogP contribution in [0.1, 0.15) is 36.0 Å². The minimum atomic E-state index is -3.74.